The van der Waals surface area contributed by atoms with E-state index in [1.807, 2.05) is 24.3 Å². The van der Waals surface area contributed by atoms with E-state index in [0.717, 1.165) is 28.1 Å². The molecule has 1 fully saturated rings. The second kappa shape index (κ2) is 5.94. The third-order valence-electron chi connectivity index (χ3n) is 3.34. The zero-order valence-corrected chi connectivity index (χ0v) is 13.0. The summed E-state index contributed by atoms with van der Waals surface area (Å²) in [4.78, 5) is 4.16. The summed E-state index contributed by atoms with van der Waals surface area (Å²) in [5.74, 6) is 1.63. The van der Waals surface area contributed by atoms with Gasteiger partial charge in [-0.15, -0.1) is 0 Å². The van der Waals surface area contributed by atoms with Crippen molar-refractivity contribution < 1.29 is 4.74 Å². The van der Waals surface area contributed by atoms with Gasteiger partial charge in [-0.25, -0.2) is 0 Å². The first-order valence-corrected chi connectivity index (χ1v) is 7.62. The van der Waals surface area contributed by atoms with E-state index in [4.69, 9.17) is 4.74 Å². The molecule has 1 N–H and O–H groups in total. The van der Waals surface area contributed by atoms with E-state index < -0.39 is 0 Å². The maximum absolute atomic E-state index is 6.00. The maximum Gasteiger partial charge on any atom is 0.150 e. The fourth-order valence-electron chi connectivity index (χ4n) is 2.00. The summed E-state index contributed by atoms with van der Waals surface area (Å²) >= 11 is 3.54. The molecule has 104 valence electrons. The molecule has 0 amide bonds. The predicted molar refractivity (Wildman–Crippen MR) is 83.1 cm³/mol. The minimum Gasteiger partial charge on any atom is -0.454 e. The molecule has 0 saturated heterocycles. The van der Waals surface area contributed by atoms with E-state index in [9.17, 15) is 0 Å². The fourth-order valence-corrected chi connectivity index (χ4v) is 2.57. The Labute approximate surface area is 127 Å². The third-order valence-corrected chi connectivity index (χ3v) is 3.96. The summed E-state index contributed by atoms with van der Waals surface area (Å²) in [6.45, 7) is 2.88. The van der Waals surface area contributed by atoms with Gasteiger partial charge in [0.2, 0.25) is 0 Å². The number of nitrogens with one attached hydrogen (secondary N) is 1. The van der Waals surface area contributed by atoms with Crippen molar-refractivity contribution in [3.05, 3.63) is 52.3 Å². The molecular weight excluding hydrogens is 316 g/mol. The van der Waals surface area contributed by atoms with E-state index in [2.05, 4.69) is 33.2 Å². The maximum atomic E-state index is 6.00. The molecule has 1 aliphatic carbocycles. The fraction of sp³-hybridized carbons (Fsp3) is 0.312. The zero-order chi connectivity index (χ0) is 13.9. The molecule has 1 aromatic heterocycles. The van der Waals surface area contributed by atoms with Crippen molar-refractivity contribution in [1.29, 1.82) is 0 Å². The minimum absolute atomic E-state index is 0.683. The number of rotatable bonds is 5. The smallest absolute Gasteiger partial charge is 0.150 e. The number of aryl methyl sites for hydroxylation is 1. The predicted octanol–water partition coefficient (Wildman–Crippen LogP) is 4.20. The molecule has 20 heavy (non-hydrogen) atoms. The lowest BCUT2D eigenvalue weighted by atomic mass is 10.2. The SMILES string of the molecule is Cc1ccc(Oc2cnccc2CNC2CC2)c(Br)c1. The molecule has 0 aliphatic heterocycles. The lowest BCUT2D eigenvalue weighted by Gasteiger charge is -2.12. The lowest BCUT2D eigenvalue weighted by molar-refractivity contribution is 0.467. The first-order chi connectivity index (χ1) is 9.72. The standard InChI is InChI=1S/C16H17BrN2O/c1-11-2-5-15(14(17)8-11)20-16-10-18-7-6-12(16)9-19-13-3-4-13/h2,5-8,10,13,19H,3-4,9H2,1H3. The number of aromatic nitrogens is 1. The van der Waals surface area contributed by atoms with Crippen LogP contribution in [0.3, 0.4) is 0 Å². The van der Waals surface area contributed by atoms with Crippen LogP contribution in [-0.4, -0.2) is 11.0 Å². The van der Waals surface area contributed by atoms with Crippen LogP contribution in [0.15, 0.2) is 41.1 Å². The van der Waals surface area contributed by atoms with Crippen molar-refractivity contribution in [1.82, 2.24) is 10.3 Å². The van der Waals surface area contributed by atoms with Crippen molar-refractivity contribution in [3.8, 4) is 11.5 Å². The lowest BCUT2D eigenvalue weighted by Crippen LogP contribution is -2.15. The van der Waals surface area contributed by atoms with E-state index in [1.165, 1.54) is 18.4 Å². The van der Waals surface area contributed by atoms with Gasteiger partial charge in [0.1, 0.15) is 11.5 Å². The molecular formula is C16H17BrN2O. The van der Waals surface area contributed by atoms with Crippen LogP contribution in [0.5, 0.6) is 11.5 Å². The van der Waals surface area contributed by atoms with Crippen molar-refractivity contribution in [2.24, 2.45) is 0 Å². The van der Waals surface area contributed by atoms with Crippen LogP contribution < -0.4 is 10.1 Å². The molecule has 0 unspecified atom stereocenters. The molecule has 0 radical (unpaired) electrons. The van der Waals surface area contributed by atoms with E-state index >= 15 is 0 Å². The average Bonchev–Trinajstić information content (AvgIpc) is 3.25. The van der Waals surface area contributed by atoms with Crippen LogP contribution in [0.1, 0.15) is 24.0 Å². The highest BCUT2D eigenvalue weighted by atomic mass is 79.9. The van der Waals surface area contributed by atoms with Gasteiger partial charge in [-0.1, -0.05) is 6.07 Å². The van der Waals surface area contributed by atoms with Crippen molar-refractivity contribution in [3.63, 3.8) is 0 Å². The number of pyridine rings is 1. The third kappa shape index (κ3) is 3.38. The van der Waals surface area contributed by atoms with Gasteiger partial charge in [0, 0.05) is 24.3 Å². The van der Waals surface area contributed by atoms with Crippen LogP contribution in [0.2, 0.25) is 0 Å². The Morgan fingerprint density at radius 1 is 1.30 bits per heavy atom. The van der Waals surface area contributed by atoms with Crippen LogP contribution in [-0.2, 0) is 6.54 Å². The van der Waals surface area contributed by atoms with Gasteiger partial charge in [-0.2, -0.15) is 0 Å². The quantitative estimate of drug-likeness (QED) is 0.891. The molecule has 1 aromatic carbocycles. The summed E-state index contributed by atoms with van der Waals surface area (Å²) in [6, 6.07) is 8.76. The largest absolute Gasteiger partial charge is 0.454 e. The second-order valence-corrected chi connectivity index (χ2v) is 6.03. The van der Waals surface area contributed by atoms with Crippen LogP contribution in [0.25, 0.3) is 0 Å². The second-order valence-electron chi connectivity index (χ2n) is 5.17. The van der Waals surface area contributed by atoms with Gasteiger partial charge >= 0.3 is 0 Å². The molecule has 0 spiro atoms. The Bertz CT molecular complexity index is 611. The van der Waals surface area contributed by atoms with E-state index in [-0.39, 0.29) is 0 Å². The molecule has 1 saturated carbocycles. The Balaban J connectivity index is 1.78. The molecule has 3 nitrogen and oxygen atoms in total. The molecule has 1 aliphatic rings. The van der Waals surface area contributed by atoms with Gasteiger partial charge in [0.15, 0.2) is 0 Å². The van der Waals surface area contributed by atoms with Crippen LogP contribution in [0.4, 0.5) is 0 Å². The van der Waals surface area contributed by atoms with Gasteiger partial charge in [-0.3, -0.25) is 4.98 Å². The number of nitrogens with zero attached hydrogens (tertiary/aromatic N) is 1. The minimum atomic E-state index is 0.683. The Kier molecular flexibility index (Phi) is 4.03. The average molecular weight is 333 g/mol. The topological polar surface area (TPSA) is 34.1 Å². The number of halogens is 1. The Morgan fingerprint density at radius 3 is 2.90 bits per heavy atom. The van der Waals surface area contributed by atoms with E-state index in [1.54, 1.807) is 12.4 Å². The first kappa shape index (κ1) is 13.6. The monoisotopic (exact) mass is 332 g/mol. The van der Waals surface area contributed by atoms with Gasteiger partial charge in [-0.05, 0) is 59.5 Å². The van der Waals surface area contributed by atoms with Crippen LogP contribution in [0, 0.1) is 6.92 Å². The first-order valence-electron chi connectivity index (χ1n) is 6.82. The molecule has 1 heterocycles. The Hall–Kier alpha value is -1.39. The van der Waals surface area contributed by atoms with Crippen molar-refractivity contribution >= 4 is 15.9 Å². The number of ether oxygens (including phenoxy) is 1. The van der Waals surface area contributed by atoms with Gasteiger partial charge < -0.3 is 10.1 Å². The normalized spacial score (nSPS) is 14.3. The van der Waals surface area contributed by atoms with Crippen molar-refractivity contribution in [2.75, 3.05) is 0 Å². The molecule has 0 atom stereocenters. The molecule has 4 heteroatoms. The molecule has 3 rings (SSSR count). The summed E-state index contributed by atoms with van der Waals surface area (Å²) < 4.78 is 6.96. The van der Waals surface area contributed by atoms with Gasteiger partial charge in [0.05, 0.1) is 10.7 Å². The Morgan fingerprint density at radius 2 is 2.15 bits per heavy atom. The van der Waals surface area contributed by atoms with E-state index in [0.29, 0.717) is 6.04 Å². The summed E-state index contributed by atoms with van der Waals surface area (Å²) in [7, 11) is 0. The van der Waals surface area contributed by atoms with Crippen LogP contribution >= 0.6 is 15.9 Å². The number of benzene rings is 1. The zero-order valence-electron chi connectivity index (χ0n) is 11.4. The highest BCUT2D eigenvalue weighted by Crippen LogP contribution is 2.32. The highest BCUT2D eigenvalue weighted by molar-refractivity contribution is 9.10. The summed E-state index contributed by atoms with van der Waals surface area (Å²) in [5.41, 5.74) is 2.34. The number of hydrogen-bond acceptors (Lipinski definition) is 3. The summed E-state index contributed by atoms with van der Waals surface area (Å²) in [6.07, 6.45) is 6.15. The van der Waals surface area contributed by atoms with Gasteiger partial charge in [0.25, 0.3) is 0 Å². The summed E-state index contributed by atoms with van der Waals surface area (Å²) in [5, 5.41) is 3.50. The van der Waals surface area contributed by atoms with Crippen molar-refractivity contribution in [2.45, 2.75) is 32.4 Å². The molecule has 0 bridgehead atoms. The number of hydrogen-bond donors (Lipinski definition) is 1. The molecule has 2 aromatic rings. The highest BCUT2D eigenvalue weighted by Gasteiger charge is 2.20.